The Balaban J connectivity index is 0.000000103. The van der Waals surface area contributed by atoms with Gasteiger partial charge in [-0.1, -0.05) is 315 Å². The summed E-state index contributed by atoms with van der Waals surface area (Å²) >= 11 is 0. The molecule has 0 radical (unpaired) electrons. The van der Waals surface area contributed by atoms with Gasteiger partial charge in [0.1, 0.15) is 33.5 Å². The number of rotatable bonds is 9. The van der Waals surface area contributed by atoms with Crippen molar-refractivity contribution in [2.45, 2.75) is 0 Å². The third-order valence-corrected chi connectivity index (χ3v) is 29.8. The van der Waals surface area contributed by atoms with E-state index >= 15 is 0 Å². The summed E-state index contributed by atoms with van der Waals surface area (Å²) in [6.45, 7) is 0. The zero-order valence-corrected chi connectivity index (χ0v) is 79.6. The smallest absolute Gasteiger partial charge is 0.159 e. The third-order valence-electron chi connectivity index (χ3n) is 29.8. The molecule has 0 fully saturated rings. The number of pyridine rings is 9. The minimum absolute atomic E-state index is 0.658. The minimum atomic E-state index is 0.658. The molecule has 0 spiro atoms. The topological polar surface area (TPSA) is 181 Å². The van der Waals surface area contributed by atoms with Crippen molar-refractivity contribution in [1.29, 1.82) is 0 Å². The average molecular weight is 1900 g/mol. The largest absolute Gasteiger partial charge is 0.455 e. The normalized spacial score (nSPS) is 11.9. The molecule has 0 atom stereocenters. The average Bonchev–Trinajstić information content (AvgIpc) is 1.62. The van der Waals surface area contributed by atoms with Crippen molar-refractivity contribution in [2.75, 3.05) is 0 Å². The van der Waals surface area contributed by atoms with Gasteiger partial charge in [0.05, 0.1) is 66.7 Å². The van der Waals surface area contributed by atoms with Crippen LogP contribution < -0.4 is 0 Å². The lowest BCUT2D eigenvalue weighted by Crippen LogP contribution is -1.93. The van der Waals surface area contributed by atoms with Crippen molar-refractivity contribution >= 4 is 218 Å². The predicted molar refractivity (Wildman–Crippen MR) is 611 cm³/mol. The molecule has 32 aromatic rings. The van der Waals surface area contributed by atoms with Gasteiger partial charge in [0.15, 0.2) is 5.82 Å². The van der Waals surface area contributed by atoms with Crippen LogP contribution in [0.4, 0.5) is 0 Å². The molecule has 0 bridgehead atoms. The summed E-state index contributed by atoms with van der Waals surface area (Å²) in [5.74, 6) is 0.658. The predicted octanol–water partition coefficient (Wildman–Crippen LogP) is 35.3. The first kappa shape index (κ1) is 84.3. The zero-order chi connectivity index (χ0) is 97.8. The molecule has 149 heavy (non-hydrogen) atoms. The standard InChI is InChI=1S/2C47H27N3O.C41H23N5O/c1-3-9-41-39(8-1)43-40(22-21-38-36-7-2-4-10-42(36)51-47(38)43)44(50-41)30-13-11-28(12-14-30)31-15-16-33-27-34(18-17-32(33)26-31)35-23-25-49-46-37(35)20-19-29-6-5-24-48-45(29)46;1-2-10-33-32(9-1)31(21-22-34(33)35-25-27-49-46-37(35)20-19-29-8-7-26-48-45(29)46)28-15-17-30(18-16-28)44-40-24-23-38-36-11-4-6-14-42(36)51-47(38)43(40)39-12-3-5-13-41(39)50-44;1-3-9-34-32(8-1)36-33(18-17-31-29-7-2-4-10-35(29)47-40(31)36)37(46-34)25-11-13-26(14-12-25)41-44-22-27(23-45-41)28-19-21-43-39-30(28)16-15-24-6-5-20-42-38(24)39/h2*1-27H;1-23H. The Hall–Kier alpha value is -20.4. The molecule has 0 aliphatic rings. The van der Waals surface area contributed by atoms with Crippen LogP contribution in [-0.2, 0) is 0 Å². The van der Waals surface area contributed by atoms with E-state index in [1.54, 1.807) is 6.20 Å². The van der Waals surface area contributed by atoms with Gasteiger partial charge in [0.25, 0.3) is 0 Å². The Morgan fingerprint density at radius 3 is 0.886 bits per heavy atom. The van der Waals surface area contributed by atoms with Crippen LogP contribution >= 0.6 is 0 Å². The molecule has 0 aliphatic carbocycles. The van der Waals surface area contributed by atoms with Crippen LogP contribution in [0.15, 0.2) is 481 Å². The quantitative estimate of drug-likeness (QED) is 0.124. The van der Waals surface area contributed by atoms with Crippen molar-refractivity contribution in [3.63, 3.8) is 0 Å². The molecular weight excluding hydrogens is 1820 g/mol. The summed E-state index contributed by atoms with van der Waals surface area (Å²) in [5, 5.41) is 27.8. The Labute approximate surface area is 849 Å². The second kappa shape index (κ2) is 34.2. The Morgan fingerprint density at radius 1 is 0.154 bits per heavy atom. The number of fused-ring (bicyclic) bond motifs is 32. The van der Waals surface area contributed by atoms with Gasteiger partial charge in [-0.25, -0.2) is 24.9 Å². The molecule has 0 N–H and O–H groups in total. The van der Waals surface area contributed by atoms with E-state index in [1.807, 2.05) is 116 Å². The fraction of sp³-hybridized carbons (Fsp3) is 0. The van der Waals surface area contributed by atoms with Gasteiger partial charge in [-0.2, -0.15) is 0 Å². The van der Waals surface area contributed by atoms with Crippen molar-refractivity contribution in [2.24, 2.45) is 0 Å². The molecule has 13 heterocycles. The van der Waals surface area contributed by atoms with Crippen LogP contribution in [0.5, 0.6) is 0 Å². The van der Waals surface area contributed by atoms with E-state index in [2.05, 4.69) is 366 Å². The number of hydrogen-bond donors (Lipinski definition) is 0. The van der Waals surface area contributed by atoms with Crippen molar-refractivity contribution in [3.8, 4) is 101 Å². The van der Waals surface area contributed by atoms with E-state index in [-0.39, 0.29) is 0 Å². The van der Waals surface area contributed by atoms with Crippen LogP contribution in [0.3, 0.4) is 0 Å². The lowest BCUT2D eigenvalue weighted by Gasteiger charge is -2.15. The van der Waals surface area contributed by atoms with E-state index < -0.39 is 0 Å². The molecule has 14 nitrogen and oxygen atoms in total. The van der Waals surface area contributed by atoms with Gasteiger partial charge in [-0.3, -0.25) is 29.9 Å². The highest BCUT2D eigenvalue weighted by Gasteiger charge is 2.25. The number of benzene rings is 19. The van der Waals surface area contributed by atoms with Gasteiger partial charge in [0, 0.05) is 191 Å². The first-order chi connectivity index (χ1) is 73.9. The van der Waals surface area contributed by atoms with Gasteiger partial charge in [-0.05, 0) is 175 Å². The summed E-state index contributed by atoms with van der Waals surface area (Å²) in [7, 11) is 0. The molecule has 690 valence electrons. The Bertz CT molecular complexity index is 11200. The van der Waals surface area contributed by atoms with Crippen molar-refractivity contribution in [1.82, 2.24) is 54.8 Å². The van der Waals surface area contributed by atoms with E-state index in [4.69, 9.17) is 48.1 Å². The number of para-hydroxylation sites is 6. The van der Waals surface area contributed by atoms with E-state index in [0.717, 1.165) is 275 Å². The lowest BCUT2D eigenvalue weighted by molar-refractivity contribution is 0.672. The molecular formula is C135H77N11O3. The minimum Gasteiger partial charge on any atom is -0.455 e. The summed E-state index contributed by atoms with van der Waals surface area (Å²) in [6.07, 6.45) is 14.8. The third kappa shape index (κ3) is 13.9. The SMILES string of the molecule is c1cnc2c(c1)ccc1c(-c3ccc(-c4ccc(-c5nc6ccccc6c6c5ccc5c7ccccc7oc56)cc4)c4ccccc34)ccnc12.c1cnc2c(c1)ccc1c(-c3ccc4cc(-c5ccc(-c6nc7ccccc7c7c6ccc6c8ccccc8oc67)cc5)ccc4c3)ccnc12.c1cnc2c(c1)ccc1c(-c3cnc(-c4ccc(-c5nc6ccccc6c6c5ccc5c7ccccc7oc56)cc4)nc3)ccnc12. The monoisotopic (exact) mass is 1900 g/mol. The van der Waals surface area contributed by atoms with Crippen LogP contribution in [0.2, 0.25) is 0 Å². The first-order valence-electron chi connectivity index (χ1n) is 49.8. The maximum Gasteiger partial charge on any atom is 0.159 e. The Kier molecular flexibility index (Phi) is 19.4. The molecule has 32 rings (SSSR count). The first-order valence-corrected chi connectivity index (χ1v) is 49.8. The van der Waals surface area contributed by atoms with Crippen LogP contribution in [-0.4, -0.2) is 54.8 Å². The van der Waals surface area contributed by atoms with Gasteiger partial charge < -0.3 is 13.3 Å². The second-order valence-electron chi connectivity index (χ2n) is 38.0. The molecule has 0 unspecified atom stereocenters. The summed E-state index contributed by atoms with van der Waals surface area (Å²) in [4.78, 5) is 53.1. The number of nitrogens with zero attached hydrogens (tertiary/aromatic N) is 11. The number of furan rings is 3. The summed E-state index contributed by atoms with van der Waals surface area (Å²) in [5.41, 5.74) is 31.9. The number of aromatic nitrogens is 11. The zero-order valence-electron chi connectivity index (χ0n) is 79.6. The van der Waals surface area contributed by atoms with Gasteiger partial charge in [-0.15, -0.1) is 0 Å². The van der Waals surface area contributed by atoms with Crippen molar-refractivity contribution in [3.05, 3.63) is 468 Å². The van der Waals surface area contributed by atoms with Crippen LogP contribution in [0.25, 0.3) is 319 Å². The fourth-order valence-corrected chi connectivity index (χ4v) is 22.7. The highest BCUT2D eigenvalue weighted by atomic mass is 16.3. The fourth-order valence-electron chi connectivity index (χ4n) is 22.7. The lowest BCUT2D eigenvalue weighted by atomic mass is 9.90. The molecule has 13 aromatic heterocycles. The van der Waals surface area contributed by atoms with Gasteiger partial charge in [0.2, 0.25) is 0 Å². The van der Waals surface area contributed by atoms with E-state index in [1.165, 1.54) is 38.2 Å². The molecule has 19 aromatic carbocycles. The van der Waals surface area contributed by atoms with Crippen LogP contribution in [0, 0.1) is 0 Å². The van der Waals surface area contributed by atoms with Gasteiger partial charge >= 0.3 is 0 Å². The summed E-state index contributed by atoms with van der Waals surface area (Å²) in [6, 6.07) is 146. The molecule has 0 saturated carbocycles. The highest BCUT2D eigenvalue weighted by Crippen LogP contribution is 2.49. The second-order valence-corrected chi connectivity index (χ2v) is 38.0. The molecule has 0 aliphatic heterocycles. The maximum atomic E-state index is 6.53. The summed E-state index contributed by atoms with van der Waals surface area (Å²) < 4.78 is 19.5. The van der Waals surface area contributed by atoms with Crippen LogP contribution in [0.1, 0.15) is 0 Å². The molecule has 0 amide bonds. The van der Waals surface area contributed by atoms with E-state index in [9.17, 15) is 0 Å². The Morgan fingerprint density at radius 2 is 0.450 bits per heavy atom. The molecule has 0 saturated heterocycles. The maximum absolute atomic E-state index is 6.53. The van der Waals surface area contributed by atoms with Crippen molar-refractivity contribution < 1.29 is 13.3 Å². The molecule has 14 heteroatoms. The van der Waals surface area contributed by atoms with E-state index in [0.29, 0.717) is 5.82 Å². The highest BCUT2D eigenvalue weighted by molar-refractivity contribution is 6.29. The number of hydrogen-bond acceptors (Lipinski definition) is 14.